The van der Waals surface area contributed by atoms with Gasteiger partial charge in [-0.05, 0) is 45.0 Å². The number of ether oxygens (including phenoxy) is 2. The molecule has 0 radical (unpaired) electrons. The van der Waals surface area contributed by atoms with Crippen molar-refractivity contribution in [2.24, 2.45) is 5.10 Å². The van der Waals surface area contributed by atoms with Gasteiger partial charge >= 0.3 is 5.97 Å². The largest absolute Gasteiger partial charge is 0.492 e. The average molecular weight is 417 g/mol. The highest BCUT2D eigenvalue weighted by Crippen LogP contribution is 2.18. The van der Waals surface area contributed by atoms with Gasteiger partial charge in [0, 0.05) is 17.5 Å². The van der Waals surface area contributed by atoms with Crippen LogP contribution in [0.1, 0.15) is 37.4 Å². The van der Waals surface area contributed by atoms with Crippen molar-refractivity contribution < 1.29 is 14.3 Å². The quantitative estimate of drug-likeness (QED) is 0.363. The Morgan fingerprint density at radius 1 is 1.31 bits per heavy atom. The third-order valence-corrected chi connectivity index (χ3v) is 5.37. The van der Waals surface area contributed by atoms with Crippen molar-refractivity contribution in [3.63, 3.8) is 0 Å². The van der Waals surface area contributed by atoms with Crippen molar-refractivity contribution in [3.05, 3.63) is 40.9 Å². The number of piperidine rings is 1. The van der Waals surface area contributed by atoms with Crippen LogP contribution in [0, 0.1) is 0 Å². The summed E-state index contributed by atoms with van der Waals surface area (Å²) < 4.78 is 10.9. The van der Waals surface area contributed by atoms with Gasteiger partial charge in [0.15, 0.2) is 0 Å². The molecule has 0 bridgehead atoms. The Hall–Kier alpha value is -2.45. The maximum Gasteiger partial charge on any atom is 0.311 e. The molecule has 0 spiro atoms. The molecular formula is C21H28N4O3S. The minimum atomic E-state index is -0.275. The summed E-state index contributed by atoms with van der Waals surface area (Å²) in [5.41, 5.74) is 4.49. The molecule has 1 aliphatic rings. The molecule has 0 atom stereocenters. The second-order valence-corrected chi connectivity index (χ2v) is 7.64. The number of thiazole rings is 1. The number of anilines is 1. The minimum absolute atomic E-state index is 0.170. The third kappa shape index (κ3) is 7.14. The molecule has 1 aliphatic heterocycles. The van der Waals surface area contributed by atoms with E-state index < -0.39 is 0 Å². The molecule has 2 aromatic rings. The Labute approximate surface area is 175 Å². The van der Waals surface area contributed by atoms with Gasteiger partial charge in [-0.25, -0.2) is 4.98 Å². The number of carbonyl (C=O) groups is 1. The summed E-state index contributed by atoms with van der Waals surface area (Å²) in [4.78, 5) is 18.3. The zero-order valence-electron chi connectivity index (χ0n) is 16.8. The summed E-state index contributed by atoms with van der Waals surface area (Å²) in [6, 6.07) is 7.84. The molecule has 1 aromatic heterocycles. The fourth-order valence-corrected chi connectivity index (χ4v) is 3.80. The maximum atomic E-state index is 11.5. The lowest BCUT2D eigenvalue weighted by Crippen LogP contribution is -2.33. The van der Waals surface area contributed by atoms with Crippen LogP contribution in [-0.2, 0) is 16.0 Å². The van der Waals surface area contributed by atoms with E-state index in [1.807, 2.05) is 29.6 Å². The zero-order chi connectivity index (χ0) is 20.3. The number of para-hydroxylation sites is 1. The van der Waals surface area contributed by atoms with E-state index in [0.717, 1.165) is 17.9 Å². The molecule has 0 amide bonds. The van der Waals surface area contributed by atoms with Crippen molar-refractivity contribution >= 4 is 28.7 Å². The van der Waals surface area contributed by atoms with Crippen molar-refractivity contribution in [1.82, 2.24) is 9.88 Å². The van der Waals surface area contributed by atoms with Crippen molar-refractivity contribution in [2.75, 3.05) is 38.3 Å². The fourth-order valence-electron chi connectivity index (χ4n) is 3.14. The number of hydrogen-bond donors (Lipinski definition) is 1. The lowest BCUT2D eigenvalue weighted by Gasteiger charge is -2.26. The number of hydrogen-bond acceptors (Lipinski definition) is 8. The van der Waals surface area contributed by atoms with E-state index in [0.29, 0.717) is 24.0 Å². The van der Waals surface area contributed by atoms with E-state index in [2.05, 4.69) is 20.4 Å². The average Bonchev–Trinajstić information content (AvgIpc) is 3.17. The van der Waals surface area contributed by atoms with Gasteiger partial charge in [-0.2, -0.15) is 5.10 Å². The molecule has 29 heavy (non-hydrogen) atoms. The van der Waals surface area contributed by atoms with Crippen LogP contribution in [-0.4, -0.2) is 54.9 Å². The number of rotatable bonds is 10. The minimum Gasteiger partial charge on any atom is -0.492 e. The summed E-state index contributed by atoms with van der Waals surface area (Å²) >= 11 is 1.40. The van der Waals surface area contributed by atoms with Gasteiger partial charge in [-0.1, -0.05) is 18.6 Å². The first kappa shape index (κ1) is 21.3. The van der Waals surface area contributed by atoms with Crippen molar-refractivity contribution in [2.45, 2.75) is 32.6 Å². The van der Waals surface area contributed by atoms with Crippen LogP contribution in [0.5, 0.6) is 5.75 Å². The number of aromatic nitrogens is 1. The summed E-state index contributed by atoms with van der Waals surface area (Å²) in [5.74, 6) is 0.542. The van der Waals surface area contributed by atoms with Gasteiger partial charge in [0.1, 0.15) is 12.4 Å². The predicted molar refractivity (Wildman–Crippen MR) is 116 cm³/mol. The van der Waals surface area contributed by atoms with Crippen LogP contribution in [0.4, 0.5) is 5.13 Å². The molecule has 0 aliphatic carbocycles. The predicted octanol–water partition coefficient (Wildman–Crippen LogP) is 3.56. The summed E-state index contributed by atoms with van der Waals surface area (Å²) in [7, 11) is 0. The Bertz CT molecular complexity index is 803. The molecule has 156 valence electrons. The first-order valence-electron chi connectivity index (χ1n) is 10.1. The van der Waals surface area contributed by atoms with Gasteiger partial charge in [0.2, 0.25) is 5.13 Å². The third-order valence-electron chi connectivity index (χ3n) is 4.58. The number of nitrogens with one attached hydrogen (secondary N) is 1. The molecule has 7 nitrogen and oxygen atoms in total. The van der Waals surface area contributed by atoms with E-state index in [1.54, 1.807) is 13.1 Å². The highest BCUT2D eigenvalue weighted by molar-refractivity contribution is 7.13. The van der Waals surface area contributed by atoms with Gasteiger partial charge < -0.3 is 9.47 Å². The smallest absolute Gasteiger partial charge is 0.311 e. The van der Waals surface area contributed by atoms with Crippen LogP contribution in [0.3, 0.4) is 0 Å². The van der Waals surface area contributed by atoms with Crippen LogP contribution in [0.25, 0.3) is 0 Å². The Balaban J connectivity index is 1.49. The molecule has 8 heteroatoms. The topological polar surface area (TPSA) is 76.1 Å². The molecule has 0 saturated carbocycles. The highest BCUT2D eigenvalue weighted by Gasteiger charge is 2.10. The van der Waals surface area contributed by atoms with E-state index in [1.165, 1.54) is 43.7 Å². The maximum absolute atomic E-state index is 11.5. The van der Waals surface area contributed by atoms with Gasteiger partial charge in [-0.3, -0.25) is 15.1 Å². The second-order valence-electron chi connectivity index (χ2n) is 6.78. The highest BCUT2D eigenvalue weighted by atomic mass is 32.1. The molecular weight excluding hydrogens is 388 g/mol. The molecule has 1 aromatic carbocycles. The van der Waals surface area contributed by atoms with Gasteiger partial charge in [-0.15, -0.1) is 11.3 Å². The van der Waals surface area contributed by atoms with E-state index in [4.69, 9.17) is 9.47 Å². The van der Waals surface area contributed by atoms with Crippen LogP contribution in [0.2, 0.25) is 0 Å². The number of hydrazone groups is 1. The molecule has 1 N–H and O–H groups in total. The van der Waals surface area contributed by atoms with Crippen LogP contribution >= 0.6 is 11.3 Å². The number of likely N-dealkylation sites (tertiary alicyclic amines) is 1. The Morgan fingerprint density at radius 2 is 2.14 bits per heavy atom. The first-order chi connectivity index (χ1) is 14.2. The van der Waals surface area contributed by atoms with E-state index in [9.17, 15) is 4.79 Å². The Morgan fingerprint density at radius 3 is 2.97 bits per heavy atom. The fraction of sp³-hybridized carbons (Fsp3) is 0.476. The first-order valence-corrected chi connectivity index (χ1v) is 11.0. The standard InChI is InChI=1S/C21H28N4O3S/c1-2-27-20(26)14-18-16-29-21(23-18)24-22-15-17-8-4-5-9-19(17)28-13-12-25-10-6-3-7-11-25/h4-5,8-9,15-16H,2-3,6-7,10-14H2,1H3,(H,23,24). The Kier molecular flexibility index (Phi) is 8.45. The van der Waals surface area contributed by atoms with Crippen LogP contribution < -0.4 is 10.2 Å². The molecule has 1 fully saturated rings. The number of nitrogens with zero attached hydrogens (tertiary/aromatic N) is 3. The molecule has 1 saturated heterocycles. The van der Waals surface area contributed by atoms with Gasteiger partial charge in [0.05, 0.1) is 24.9 Å². The lowest BCUT2D eigenvalue weighted by molar-refractivity contribution is -0.142. The summed E-state index contributed by atoms with van der Waals surface area (Å²) in [5, 5.41) is 6.72. The van der Waals surface area contributed by atoms with Crippen molar-refractivity contribution in [3.8, 4) is 5.75 Å². The van der Waals surface area contributed by atoms with E-state index >= 15 is 0 Å². The summed E-state index contributed by atoms with van der Waals surface area (Å²) in [6.07, 6.45) is 5.81. The SMILES string of the molecule is CCOC(=O)Cc1csc(NN=Cc2ccccc2OCCN2CCCCC2)n1. The zero-order valence-corrected chi connectivity index (χ0v) is 17.6. The number of benzene rings is 1. The normalized spacial score (nSPS) is 14.8. The van der Waals surface area contributed by atoms with Crippen LogP contribution in [0.15, 0.2) is 34.7 Å². The molecule has 2 heterocycles. The van der Waals surface area contributed by atoms with E-state index in [-0.39, 0.29) is 12.4 Å². The summed E-state index contributed by atoms with van der Waals surface area (Å²) in [6.45, 7) is 6.12. The lowest BCUT2D eigenvalue weighted by atomic mass is 10.1. The van der Waals surface area contributed by atoms with Gasteiger partial charge in [0.25, 0.3) is 0 Å². The second kappa shape index (κ2) is 11.5. The van der Waals surface area contributed by atoms with Crippen molar-refractivity contribution in [1.29, 1.82) is 0 Å². The molecule has 0 unspecified atom stereocenters. The number of carbonyl (C=O) groups excluding carboxylic acids is 1. The molecule has 3 rings (SSSR count). The number of esters is 1. The monoisotopic (exact) mass is 416 g/mol.